The van der Waals surface area contributed by atoms with E-state index in [1.165, 1.54) is 22.4 Å². The molecule has 0 saturated carbocycles. The van der Waals surface area contributed by atoms with Gasteiger partial charge in [-0.2, -0.15) is 0 Å². The molecule has 0 aliphatic carbocycles. The molecule has 1 heterocycles. The predicted octanol–water partition coefficient (Wildman–Crippen LogP) is 3.84. The van der Waals surface area contributed by atoms with Crippen molar-refractivity contribution in [3.63, 3.8) is 0 Å². The van der Waals surface area contributed by atoms with Gasteiger partial charge in [0.15, 0.2) is 5.78 Å². The zero-order valence-corrected chi connectivity index (χ0v) is 16.2. The quantitative estimate of drug-likeness (QED) is 0.766. The predicted molar refractivity (Wildman–Crippen MR) is 106 cm³/mol. The Bertz CT molecular complexity index is 775. The van der Waals surface area contributed by atoms with Gasteiger partial charge in [-0.25, -0.2) is 0 Å². The van der Waals surface area contributed by atoms with E-state index in [9.17, 15) is 4.79 Å². The first-order chi connectivity index (χ1) is 12.5. The van der Waals surface area contributed by atoms with Gasteiger partial charge in [0.2, 0.25) is 0 Å². The van der Waals surface area contributed by atoms with E-state index in [1.807, 2.05) is 12.1 Å². The molecule has 3 rings (SSSR count). The molecule has 138 valence electrons. The lowest BCUT2D eigenvalue weighted by atomic mass is 10.0. The Labute approximate surface area is 156 Å². The minimum atomic E-state index is 0.117. The summed E-state index contributed by atoms with van der Waals surface area (Å²) >= 11 is 0. The normalized spacial score (nSPS) is 15.2. The second kappa shape index (κ2) is 7.92. The molecule has 1 aliphatic rings. The van der Waals surface area contributed by atoms with E-state index in [2.05, 4.69) is 47.9 Å². The lowest BCUT2D eigenvalue weighted by Gasteiger charge is -2.36. The fourth-order valence-corrected chi connectivity index (χ4v) is 3.55. The number of hydrogen-bond acceptors (Lipinski definition) is 4. The summed E-state index contributed by atoms with van der Waals surface area (Å²) in [6.07, 6.45) is 0. The third-order valence-electron chi connectivity index (χ3n) is 5.26. The number of piperazine rings is 1. The van der Waals surface area contributed by atoms with Gasteiger partial charge < -0.3 is 9.64 Å². The van der Waals surface area contributed by atoms with E-state index in [4.69, 9.17) is 4.74 Å². The third-order valence-corrected chi connectivity index (χ3v) is 5.26. The number of rotatable bonds is 5. The molecule has 0 atom stereocenters. The first-order valence-corrected chi connectivity index (χ1v) is 9.20. The Hall–Kier alpha value is -2.33. The number of methoxy groups -OCH3 is 1. The van der Waals surface area contributed by atoms with Gasteiger partial charge >= 0.3 is 0 Å². The highest BCUT2D eigenvalue weighted by molar-refractivity contribution is 5.94. The SMILES string of the molecule is COc1cc(C)c(CN2CCN(c3ccc(C(C)=O)cc3)CC2)cc1C. The number of hydrogen-bond donors (Lipinski definition) is 0. The first kappa shape index (κ1) is 18.5. The monoisotopic (exact) mass is 352 g/mol. The zero-order chi connectivity index (χ0) is 18.7. The fraction of sp³-hybridized carbons (Fsp3) is 0.409. The molecule has 0 N–H and O–H groups in total. The summed E-state index contributed by atoms with van der Waals surface area (Å²) in [4.78, 5) is 16.3. The molecule has 1 fully saturated rings. The van der Waals surface area contributed by atoms with Crippen LogP contribution in [0.1, 0.15) is 34.0 Å². The summed E-state index contributed by atoms with van der Waals surface area (Å²) in [5, 5.41) is 0. The van der Waals surface area contributed by atoms with Crippen LogP contribution >= 0.6 is 0 Å². The van der Waals surface area contributed by atoms with E-state index in [1.54, 1.807) is 14.0 Å². The molecule has 0 unspecified atom stereocenters. The maximum absolute atomic E-state index is 11.4. The summed E-state index contributed by atoms with van der Waals surface area (Å²) in [6.45, 7) is 10.9. The summed E-state index contributed by atoms with van der Waals surface area (Å²) in [5.41, 5.74) is 5.83. The molecular formula is C22H28N2O2. The number of ketones is 1. The van der Waals surface area contributed by atoms with Crippen molar-refractivity contribution < 1.29 is 9.53 Å². The van der Waals surface area contributed by atoms with Crippen molar-refractivity contribution in [2.75, 3.05) is 38.2 Å². The van der Waals surface area contributed by atoms with Crippen molar-refractivity contribution in [2.45, 2.75) is 27.3 Å². The van der Waals surface area contributed by atoms with Crippen LogP contribution in [0.2, 0.25) is 0 Å². The van der Waals surface area contributed by atoms with Crippen LogP contribution in [-0.2, 0) is 6.54 Å². The van der Waals surface area contributed by atoms with Gasteiger partial charge in [-0.05, 0) is 67.8 Å². The van der Waals surface area contributed by atoms with Crippen LogP contribution < -0.4 is 9.64 Å². The van der Waals surface area contributed by atoms with Crippen molar-refractivity contribution in [3.05, 3.63) is 58.7 Å². The van der Waals surface area contributed by atoms with Crippen molar-refractivity contribution >= 4 is 11.5 Å². The number of anilines is 1. The maximum Gasteiger partial charge on any atom is 0.159 e. The molecule has 0 bridgehead atoms. The molecule has 4 heteroatoms. The minimum absolute atomic E-state index is 0.117. The highest BCUT2D eigenvalue weighted by Gasteiger charge is 2.18. The molecule has 2 aromatic carbocycles. The van der Waals surface area contributed by atoms with Crippen LogP contribution in [0.3, 0.4) is 0 Å². The van der Waals surface area contributed by atoms with Crippen molar-refractivity contribution in [1.82, 2.24) is 4.90 Å². The average molecular weight is 352 g/mol. The molecular weight excluding hydrogens is 324 g/mol. The molecule has 0 spiro atoms. The Balaban J connectivity index is 1.60. The topological polar surface area (TPSA) is 32.8 Å². The number of Topliss-reactive ketones (excluding diaryl/α,β-unsaturated/α-hetero) is 1. The van der Waals surface area contributed by atoms with Crippen molar-refractivity contribution in [3.8, 4) is 5.75 Å². The molecule has 1 saturated heterocycles. The van der Waals surface area contributed by atoms with Crippen LogP contribution in [-0.4, -0.2) is 44.0 Å². The largest absolute Gasteiger partial charge is 0.496 e. The molecule has 0 amide bonds. The van der Waals surface area contributed by atoms with Gasteiger partial charge in [0.25, 0.3) is 0 Å². The number of benzene rings is 2. The van der Waals surface area contributed by atoms with Crippen LogP contribution in [0.4, 0.5) is 5.69 Å². The lowest BCUT2D eigenvalue weighted by molar-refractivity contribution is 0.101. The van der Waals surface area contributed by atoms with Crippen LogP contribution in [0, 0.1) is 13.8 Å². The van der Waals surface area contributed by atoms with Gasteiger partial charge in [0.1, 0.15) is 5.75 Å². The Morgan fingerprint density at radius 2 is 1.65 bits per heavy atom. The molecule has 0 aromatic heterocycles. The van der Waals surface area contributed by atoms with Crippen LogP contribution in [0.25, 0.3) is 0 Å². The first-order valence-electron chi connectivity index (χ1n) is 9.20. The van der Waals surface area contributed by atoms with E-state index in [-0.39, 0.29) is 5.78 Å². The molecule has 0 radical (unpaired) electrons. The highest BCUT2D eigenvalue weighted by atomic mass is 16.5. The minimum Gasteiger partial charge on any atom is -0.496 e. The summed E-state index contributed by atoms with van der Waals surface area (Å²) in [7, 11) is 1.73. The number of ether oxygens (including phenoxy) is 1. The molecule has 2 aromatic rings. The summed E-state index contributed by atoms with van der Waals surface area (Å²) in [6, 6.07) is 12.4. The fourth-order valence-electron chi connectivity index (χ4n) is 3.55. The second-order valence-electron chi connectivity index (χ2n) is 7.11. The van der Waals surface area contributed by atoms with E-state index < -0.39 is 0 Å². The van der Waals surface area contributed by atoms with E-state index >= 15 is 0 Å². The molecule has 1 aliphatic heterocycles. The Morgan fingerprint density at radius 3 is 2.23 bits per heavy atom. The van der Waals surface area contributed by atoms with Crippen LogP contribution in [0.5, 0.6) is 5.75 Å². The number of nitrogens with zero attached hydrogens (tertiary/aromatic N) is 2. The van der Waals surface area contributed by atoms with Crippen LogP contribution in [0.15, 0.2) is 36.4 Å². The number of aryl methyl sites for hydroxylation is 2. The van der Waals surface area contributed by atoms with E-state index in [0.29, 0.717) is 0 Å². The number of carbonyl (C=O) groups is 1. The average Bonchev–Trinajstić information content (AvgIpc) is 2.65. The summed E-state index contributed by atoms with van der Waals surface area (Å²) < 4.78 is 5.42. The van der Waals surface area contributed by atoms with E-state index in [0.717, 1.165) is 44.0 Å². The standard InChI is InChI=1S/C22H28N2O2/c1-16-14-22(26-4)17(2)13-20(16)15-23-9-11-24(12-10-23)21-7-5-19(6-8-21)18(3)25/h5-8,13-14H,9-12,15H2,1-4H3. The Kier molecular flexibility index (Phi) is 5.62. The van der Waals surface area contributed by atoms with Gasteiger partial charge in [-0.15, -0.1) is 0 Å². The zero-order valence-electron chi connectivity index (χ0n) is 16.2. The smallest absolute Gasteiger partial charge is 0.159 e. The molecule has 4 nitrogen and oxygen atoms in total. The van der Waals surface area contributed by atoms with Gasteiger partial charge in [0.05, 0.1) is 7.11 Å². The Morgan fingerprint density at radius 1 is 1.00 bits per heavy atom. The highest BCUT2D eigenvalue weighted by Crippen LogP contribution is 2.24. The van der Waals surface area contributed by atoms with Gasteiger partial charge in [-0.1, -0.05) is 6.07 Å². The van der Waals surface area contributed by atoms with Crippen molar-refractivity contribution in [1.29, 1.82) is 0 Å². The van der Waals surface area contributed by atoms with Crippen molar-refractivity contribution in [2.24, 2.45) is 0 Å². The van der Waals surface area contributed by atoms with Gasteiger partial charge in [-0.3, -0.25) is 9.69 Å². The third kappa shape index (κ3) is 4.07. The maximum atomic E-state index is 11.4. The lowest BCUT2D eigenvalue weighted by Crippen LogP contribution is -2.46. The molecule has 26 heavy (non-hydrogen) atoms. The summed E-state index contributed by atoms with van der Waals surface area (Å²) in [5.74, 6) is 1.08. The number of carbonyl (C=O) groups excluding carboxylic acids is 1. The van der Waals surface area contributed by atoms with Gasteiger partial charge in [0, 0.05) is 44.0 Å². The second-order valence-corrected chi connectivity index (χ2v) is 7.11.